The maximum Gasteiger partial charge on any atom is 0.425 e. The number of carbonyl (C=O) groups is 1. The number of ether oxygens (including phenoxy) is 2. The van der Waals surface area contributed by atoms with E-state index in [1.807, 2.05) is 0 Å². The Morgan fingerprint density at radius 3 is 2.54 bits per heavy atom. The molecular weight excluding hydrogens is 405 g/mol. The molecule has 0 radical (unpaired) electrons. The standard InChI is InChI=1S/C17H22ClF3N2O5/c1-14(2,3)28-13(25)23-15(4)5-6-27-11-9(15)7-10(22-12(11)18)16(26,8-24)17(19,20)21/h7,24,26H,5-6,8H2,1-4H3,(H,23,25)/t15-,16?/m0/s1. The Bertz CT molecular complexity index is 768. The van der Waals surface area contributed by atoms with Crippen molar-refractivity contribution in [3.05, 3.63) is 22.5 Å². The SMILES string of the molecule is CC(C)(C)OC(=O)N[C@@]1(C)CCOc2c1cc(C(O)(CO)C(F)(F)F)nc2Cl. The topological polar surface area (TPSA) is 101 Å². The highest BCUT2D eigenvalue weighted by Gasteiger charge is 2.56. The second kappa shape index (κ2) is 7.23. The molecule has 28 heavy (non-hydrogen) atoms. The van der Waals surface area contributed by atoms with Gasteiger partial charge < -0.3 is 25.0 Å². The van der Waals surface area contributed by atoms with Gasteiger partial charge in [0.1, 0.15) is 5.60 Å². The molecule has 1 amide bonds. The lowest BCUT2D eigenvalue weighted by molar-refractivity contribution is -0.279. The molecule has 1 unspecified atom stereocenters. The predicted octanol–water partition coefficient (Wildman–Crippen LogP) is 3.00. The number of nitrogens with zero attached hydrogens (tertiary/aromatic N) is 1. The molecule has 0 aliphatic carbocycles. The summed E-state index contributed by atoms with van der Waals surface area (Å²) >= 11 is 5.99. The van der Waals surface area contributed by atoms with Gasteiger partial charge in [-0.2, -0.15) is 13.2 Å². The van der Waals surface area contributed by atoms with E-state index in [0.717, 1.165) is 6.07 Å². The number of aromatic nitrogens is 1. The fourth-order valence-electron chi connectivity index (χ4n) is 2.73. The van der Waals surface area contributed by atoms with Gasteiger partial charge >= 0.3 is 12.3 Å². The number of aliphatic hydroxyl groups excluding tert-OH is 1. The van der Waals surface area contributed by atoms with Gasteiger partial charge in [0, 0.05) is 12.0 Å². The first-order valence-electron chi connectivity index (χ1n) is 8.38. The number of alkyl carbamates (subject to hydrolysis) is 1. The van der Waals surface area contributed by atoms with Crippen molar-refractivity contribution >= 4 is 17.7 Å². The molecule has 2 atom stereocenters. The van der Waals surface area contributed by atoms with Crippen LogP contribution in [-0.2, 0) is 15.9 Å². The summed E-state index contributed by atoms with van der Waals surface area (Å²) < 4.78 is 50.6. The fraction of sp³-hybridized carbons (Fsp3) is 0.647. The highest BCUT2D eigenvalue weighted by molar-refractivity contribution is 6.31. The largest absolute Gasteiger partial charge is 0.490 e. The second-order valence-corrected chi connectivity index (χ2v) is 8.11. The molecule has 158 valence electrons. The van der Waals surface area contributed by atoms with Gasteiger partial charge in [-0.3, -0.25) is 0 Å². The zero-order valence-corrected chi connectivity index (χ0v) is 16.5. The van der Waals surface area contributed by atoms with Crippen LogP contribution in [0, 0.1) is 0 Å². The van der Waals surface area contributed by atoms with Gasteiger partial charge in [-0.05, 0) is 33.8 Å². The third kappa shape index (κ3) is 4.28. The van der Waals surface area contributed by atoms with E-state index < -0.39 is 46.5 Å². The predicted molar refractivity (Wildman–Crippen MR) is 93.1 cm³/mol. The summed E-state index contributed by atoms with van der Waals surface area (Å²) in [6.45, 7) is 5.01. The van der Waals surface area contributed by atoms with E-state index >= 15 is 0 Å². The Hall–Kier alpha value is -1.78. The maximum absolute atomic E-state index is 13.3. The molecule has 1 aromatic heterocycles. The summed E-state index contributed by atoms with van der Waals surface area (Å²) in [4.78, 5) is 15.8. The number of nitrogens with one attached hydrogen (secondary N) is 1. The minimum Gasteiger partial charge on any atom is -0.490 e. The lowest BCUT2D eigenvalue weighted by atomic mass is 9.85. The molecule has 7 nitrogen and oxygen atoms in total. The summed E-state index contributed by atoms with van der Waals surface area (Å²) in [5.74, 6) is -0.0160. The number of rotatable bonds is 3. The van der Waals surface area contributed by atoms with Crippen molar-refractivity contribution in [3.8, 4) is 5.75 Å². The average molecular weight is 427 g/mol. The summed E-state index contributed by atoms with van der Waals surface area (Å²) in [7, 11) is 0. The van der Waals surface area contributed by atoms with Crippen LogP contribution in [0.25, 0.3) is 0 Å². The summed E-state index contributed by atoms with van der Waals surface area (Å²) in [6.07, 6.45) is -5.80. The molecule has 0 bridgehead atoms. The van der Waals surface area contributed by atoms with Gasteiger partial charge in [-0.1, -0.05) is 11.6 Å². The van der Waals surface area contributed by atoms with E-state index in [9.17, 15) is 28.2 Å². The number of hydrogen-bond acceptors (Lipinski definition) is 6. The molecular formula is C17H22ClF3N2O5. The molecule has 1 aliphatic heterocycles. The van der Waals surface area contributed by atoms with Gasteiger partial charge in [0.2, 0.25) is 5.60 Å². The Kier molecular flexibility index (Phi) is 5.82. The fourth-order valence-corrected chi connectivity index (χ4v) is 2.98. The minimum atomic E-state index is -5.21. The molecule has 2 heterocycles. The Balaban J connectivity index is 2.54. The van der Waals surface area contributed by atoms with Crippen molar-refractivity contribution in [2.24, 2.45) is 0 Å². The van der Waals surface area contributed by atoms with E-state index in [0.29, 0.717) is 0 Å². The van der Waals surface area contributed by atoms with E-state index in [1.54, 1.807) is 27.7 Å². The van der Waals surface area contributed by atoms with Crippen molar-refractivity contribution in [2.45, 2.75) is 57.0 Å². The molecule has 0 saturated carbocycles. The van der Waals surface area contributed by atoms with Crippen molar-refractivity contribution in [1.29, 1.82) is 0 Å². The van der Waals surface area contributed by atoms with Crippen LogP contribution in [0.4, 0.5) is 18.0 Å². The van der Waals surface area contributed by atoms with Gasteiger partial charge in [0.05, 0.1) is 24.4 Å². The van der Waals surface area contributed by atoms with Gasteiger partial charge in [-0.25, -0.2) is 9.78 Å². The van der Waals surface area contributed by atoms with E-state index in [1.165, 1.54) is 0 Å². The van der Waals surface area contributed by atoms with Crippen molar-refractivity contribution in [1.82, 2.24) is 10.3 Å². The van der Waals surface area contributed by atoms with E-state index in [4.69, 9.17) is 21.1 Å². The molecule has 0 aromatic carbocycles. The molecule has 3 N–H and O–H groups in total. The number of pyridine rings is 1. The average Bonchev–Trinajstić information content (AvgIpc) is 2.51. The maximum atomic E-state index is 13.3. The number of hydrogen-bond donors (Lipinski definition) is 3. The number of halogens is 4. The summed E-state index contributed by atoms with van der Waals surface area (Å²) in [6, 6.07) is 0.918. The molecule has 1 aromatic rings. The third-order valence-electron chi connectivity index (χ3n) is 4.27. The van der Waals surface area contributed by atoms with Crippen LogP contribution >= 0.6 is 11.6 Å². The quantitative estimate of drug-likeness (QED) is 0.642. The summed E-state index contributed by atoms with van der Waals surface area (Å²) in [5, 5.41) is 21.4. The number of carbonyl (C=O) groups excluding carboxylic acids is 1. The monoisotopic (exact) mass is 426 g/mol. The van der Waals surface area contributed by atoms with Crippen LogP contribution in [0.5, 0.6) is 5.75 Å². The van der Waals surface area contributed by atoms with Crippen LogP contribution in [-0.4, -0.2) is 46.3 Å². The lowest BCUT2D eigenvalue weighted by Crippen LogP contribution is -2.50. The highest BCUT2D eigenvalue weighted by Crippen LogP contribution is 2.45. The first kappa shape index (κ1) is 22.5. The first-order chi connectivity index (χ1) is 12.6. The molecule has 0 fully saturated rings. The lowest BCUT2D eigenvalue weighted by Gasteiger charge is -2.38. The number of aliphatic hydroxyl groups is 2. The molecule has 11 heteroatoms. The molecule has 1 aliphatic rings. The Morgan fingerprint density at radius 2 is 2.04 bits per heavy atom. The molecule has 2 rings (SSSR count). The van der Waals surface area contributed by atoms with Crippen LogP contribution in [0.1, 0.15) is 45.4 Å². The van der Waals surface area contributed by atoms with Gasteiger partial charge in [0.15, 0.2) is 10.9 Å². The van der Waals surface area contributed by atoms with E-state index in [-0.39, 0.29) is 24.3 Å². The van der Waals surface area contributed by atoms with Crippen molar-refractivity contribution < 1.29 is 37.7 Å². The summed E-state index contributed by atoms with van der Waals surface area (Å²) in [5.41, 5.74) is -6.46. The normalized spacial score (nSPS) is 21.9. The first-order valence-corrected chi connectivity index (χ1v) is 8.76. The van der Waals surface area contributed by atoms with Crippen LogP contribution in [0.15, 0.2) is 6.07 Å². The molecule has 0 spiro atoms. The van der Waals surface area contributed by atoms with Crippen LogP contribution in [0.2, 0.25) is 5.15 Å². The number of fused-ring (bicyclic) bond motifs is 1. The third-order valence-corrected chi connectivity index (χ3v) is 4.53. The van der Waals surface area contributed by atoms with E-state index in [2.05, 4.69) is 10.3 Å². The van der Waals surface area contributed by atoms with Crippen molar-refractivity contribution in [3.63, 3.8) is 0 Å². The highest BCUT2D eigenvalue weighted by atomic mass is 35.5. The number of alkyl halides is 3. The van der Waals surface area contributed by atoms with Gasteiger partial charge in [-0.15, -0.1) is 0 Å². The Morgan fingerprint density at radius 1 is 1.43 bits per heavy atom. The Labute approximate surface area is 164 Å². The van der Waals surface area contributed by atoms with Crippen LogP contribution < -0.4 is 10.1 Å². The number of amides is 1. The van der Waals surface area contributed by atoms with Crippen molar-refractivity contribution in [2.75, 3.05) is 13.2 Å². The molecule has 0 saturated heterocycles. The zero-order chi connectivity index (χ0) is 21.5. The smallest absolute Gasteiger partial charge is 0.425 e. The van der Waals surface area contributed by atoms with Crippen LogP contribution in [0.3, 0.4) is 0 Å². The minimum absolute atomic E-state index is 0.0160. The second-order valence-electron chi connectivity index (χ2n) is 7.75. The zero-order valence-electron chi connectivity index (χ0n) is 15.8. The van der Waals surface area contributed by atoms with Gasteiger partial charge in [0.25, 0.3) is 0 Å².